The van der Waals surface area contributed by atoms with Crippen LogP contribution in [0.5, 0.6) is 0 Å². The van der Waals surface area contributed by atoms with Crippen molar-refractivity contribution < 1.29 is 0 Å². The minimum absolute atomic E-state index is 0.710. The standard InChI is InChI=1S/C15H16BrN/c16-14(12-6-7-12)8-4-11-3-5-13-2-1-9-17-15(13)10-11/h1-3,5,9-10,12,14H,4,6-8H2. The van der Waals surface area contributed by atoms with Gasteiger partial charge in [-0.1, -0.05) is 34.1 Å². The molecule has 0 spiro atoms. The van der Waals surface area contributed by atoms with Crippen LogP contribution in [0.1, 0.15) is 24.8 Å². The van der Waals surface area contributed by atoms with Crippen LogP contribution in [0.15, 0.2) is 36.5 Å². The second-order valence-electron chi connectivity index (χ2n) is 4.92. The van der Waals surface area contributed by atoms with Gasteiger partial charge in [0.05, 0.1) is 5.52 Å². The van der Waals surface area contributed by atoms with E-state index in [0.29, 0.717) is 4.83 Å². The molecule has 1 aromatic carbocycles. The fourth-order valence-electron chi connectivity index (χ4n) is 2.27. The van der Waals surface area contributed by atoms with Crippen LogP contribution in [-0.4, -0.2) is 9.81 Å². The van der Waals surface area contributed by atoms with E-state index in [2.05, 4.69) is 45.2 Å². The number of fused-ring (bicyclic) bond motifs is 1. The monoisotopic (exact) mass is 289 g/mol. The van der Waals surface area contributed by atoms with Gasteiger partial charge in [0.2, 0.25) is 0 Å². The van der Waals surface area contributed by atoms with E-state index in [1.807, 2.05) is 12.3 Å². The Morgan fingerprint density at radius 1 is 1.29 bits per heavy atom. The minimum atomic E-state index is 0.710. The van der Waals surface area contributed by atoms with Gasteiger partial charge in [0.1, 0.15) is 0 Å². The van der Waals surface area contributed by atoms with E-state index >= 15 is 0 Å². The Labute approximate surface area is 110 Å². The van der Waals surface area contributed by atoms with Crippen molar-refractivity contribution in [2.75, 3.05) is 0 Å². The van der Waals surface area contributed by atoms with Gasteiger partial charge in [0, 0.05) is 16.4 Å². The molecule has 1 aliphatic carbocycles. The first kappa shape index (κ1) is 11.2. The number of aryl methyl sites for hydroxylation is 1. The lowest BCUT2D eigenvalue weighted by Gasteiger charge is -2.08. The second-order valence-corrected chi connectivity index (χ2v) is 6.10. The van der Waals surface area contributed by atoms with E-state index in [1.165, 1.54) is 30.2 Å². The summed E-state index contributed by atoms with van der Waals surface area (Å²) in [5.41, 5.74) is 2.52. The van der Waals surface area contributed by atoms with Gasteiger partial charge in [0.15, 0.2) is 0 Å². The molecule has 2 heteroatoms. The minimum Gasteiger partial charge on any atom is -0.256 e. The predicted molar refractivity (Wildman–Crippen MR) is 75.5 cm³/mol. The molecule has 0 aliphatic heterocycles. The van der Waals surface area contributed by atoms with Crippen molar-refractivity contribution in [1.29, 1.82) is 0 Å². The van der Waals surface area contributed by atoms with Gasteiger partial charge in [-0.2, -0.15) is 0 Å². The van der Waals surface area contributed by atoms with E-state index < -0.39 is 0 Å². The van der Waals surface area contributed by atoms with E-state index in [4.69, 9.17) is 0 Å². The lowest BCUT2D eigenvalue weighted by atomic mass is 10.0. The van der Waals surface area contributed by atoms with Crippen molar-refractivity contribution in [3.63, 3.8) is 0 Å². The second kappa shape index (κ2) is 4.77. The molecule has 1 aliphatic rings. The zero-order valence-electron chi connectivity index (χ0n) is 9.77. The molecule has 2 aromatic rings. The van der Waals surface area contributed by atoms with Crippen molar-refractivity contribution in [2.45, 2.75) is 30.5 Å². The quantitative estimate of drug-likeness (QED) is 0.763. The average molecular weight is 290 g/mol. The Morgan fingerprint density at radius 3 is 3.00 bits per heavy atom. The van der Waals surface area contributed by atoms with Crippen LogP contribution in [0.25, 0.3) is 10.9 Å². The molecular formula is C15H16BrN. The molecule has 88 valence electrons. The highest BCUT2D eigenvalue weighted by Gasteiger charge is 2.28. The molecule has 3 rings (SSSR count). The number of halogens is 1. The van der Waals surface area contributed by atoms with E-state index in [9.17, 15) is 0 Å². The molecule has 1 nitrogen and oxygen atoms in total. The van der Waals surface area contributed by atoms with E-state index in [-0.39, 0.29) is 0 Å². The smallest absolute Gasteiger partial charge is 0.0704 e. The zero-order chi connectivity index (χ0) is 11.7. The normalized spacial score (nSPS) is 17.2. The van der Waals surface area contributed by atoms with Crippen LogP contribution in [0, 0.1) is 5.92 Å². The van der Waals surface area contributed by atoms with Crippen molar-refractivity contribution >= 4 is 26.8 Å². The first-order chi connectivity index (χ1) is 8.33. The summed E-state index contributed by atoms with van der Waals surface area (Å²) in [6.45, 7) is 0. The summed E-state index contributed by atoms with van der Waals surface area (Å²) in [6, 6.07) is 10.7. The molecule has 1 unspecified atom stereocenters. The Balaban J connectivity index is 1.71. The highest BCUT2D eigenvalue weighted by molar-refractivity contribution is 9.09. The summed E-state index contributed by atoms with van der Waals surface area (Å²) in [5.74, 6) is 0.939. The Bertz CT molecular complexity index is 519. The predicted octanol–water partition coefficient (Wildman–Crippen LogP) is 4.34. The molecule has 0 amide bonds. The highest BCUT2D eigenvalue weighted by atomic mass is 79.9. The summed E-state index contributed by atoms with van der Waals surface area (Å²) >= 11 is 3.80. The fourth-order valence-corrected chi connectivity index (χ4v) is 3.02. The lowest BCUT2D eigenvalue weighted by molar-refractivity contribution is 0.697. The van der Waals surface area contributed by atoms with Gasteiger partial charge >= 0.3 is 0 Å². The highest BCUT2D eigenvalue weighted by Crippen LogP contribution is 2.38. The van der Waals surface area contributed by atoms with Crippen LogP contribution in [0.2, 0.25) is 0 Å². The first-order valence-corrected chi connectivity index (χ1v) is 7.22. The van der Waals surface area contributed by atoms with Crippen molar-refractivity contribution in [2.24, 2.45) is 5.92 Å². The number of benzene rings is 1. The van der Waals surface area contributed by atoms with E-state index in [0.717, 1.165) is 17.9 Å². The van der Waals surface area contributed by atoms with Gasteiger partial charge < -0.3 is 0 Å². The summed E-state index contributed by atoms with van der Waals surface area (Å²) in [6.07, 6.45) is 7.08. The number of aromatic nitrogens is 1. The van der Waals surface area contributed by atoms with Gasteiger partial charge in [-0.05, 0) is 49.3 Å². The summed E-state index contributed by atoms with van der Waals surface area (Å²) in [5, 5.41) is 1.23. The molecule has 1 fully saturated rings. The first-order valence-electron chi connectivity index (χ1n) is 6.31. The molecule has 1 aromatic heterocycles. The zero-order valence-corrected chi connectivity index (χ0v) is 11.4. The molecule has 1 heterocycles. The molecule has 17 heavy (non-hydrogen) atoms. The Kier molecular flexibility index (Phi) is 3.15. The van der Waals surface area contributed by atoms with Crippen LogP contribution in [-0.2, 0) is 6.42 Å². The number of pyridine rings is 1. The maximum absolute atomic E-state index is 4.40. The molecule has 0 saturated heterocycles. The van der Waals surface area contributed by atoms with Gasteiger partial charge in [-0.25, -0.2) is 0 Å². The maximum atomic E-state index is 4.40. The topological polar surface area (TPSA) is 12.9 Å². The van der Waals surface area contributed by atoms with E-state index in [1.54, 1.807) is 0 Å². The van der Waals surface area contributed by atoms with Gasteiger partial charge in [-0.3, -0.25) is 4.98 Å². The van der Waals surface area contributed by atoms with Crippen LogP contribution in [0.3, 0.4) is 0 Å². The lowest BCUT2D eigenvalue weighted by Crippen LogP contribution is -2.02. The third-order valence-electron chi connectivity index (χ3n) is 3.51. The van der Waals surface area contributed by atoms with Crippen LogP contribution in [0.4, 0.5) is 0 Å². The summed E-state index contributed by atoms with van der Waals surface area (Å²) < 4.78 is 0. The Morgan fingerprint density at radius 2 is 2.18 bits per heavy atom. The molecule has 1 atom stereocenters. The van der Waals surface area contributed by atoms with Crippen LogP contribution >= 0.6 is 15.9 Å². The van der Waals surface area contributed by atoms with Crippen molar-refractivity contribution in [3.05, 3.63) is 42.1 Å². The van der Waals surface area contributed by atoms with Gasteiger partial charge in [-0.15, -0.1) is 0 Å². The number of alkyl halides is 1. The maximum Gasteiger partial charge on any atom is 0.0704 e. The average Bonchev–Trinajstić information content (AvgIpc) is 3.20. The Hall–Kier alpha value is -0.890. The van der Waals surface area contributed by atoms with Crippen molar-refractivity contribution in [1.82, 2.24) is 4.98 Å². The fraction of sp³-hybridized carbons (Fsp3) is 0.400. The third kappa shape index (κ3) is 2.68. The number of hydrogen-bond acceptors (Lipinski definition) is 1. The molecule has 1 saturated carbocycles. The third-order valence-corrected chi connectivity index (χ3v) is 4.72. The summed E-state index contributed by atoms with van der Waals surface area (Å²) in [4.78, 5) is 5.11. The molecule has 0 radical (unpaired) electrons. The molecular weight excluding hydrogens is 274 g/mol. The number of hydrogen-bond donors (Lipinski definition) is 0. The largest absolute Gasteiger partial charge is 0.256 e. The molecule has 0 N–H and O–H groups in total. The van der Waals surface area contributed by atoms with Gasteiger partial charge in [0.25, 0.3) is 0 Å². The molecule has 0 bridgehead atoms. The SMILES string of the molecule is BrC(CCc1ccc2cccnc2c1)C1CC1. The van der Waals surface area contributed by atoms with Crippen molar-refractivity contribution in [3.8, 4) is 0 Å². The van der Waals surface area contributed by atoms with Crippen LogP contribution < -0.4 is 0 Å². The number of nitrogens with zero attached hydrogens (tertiary/aromatic N) is 1. The summed E-state index contributed by atoms with van der Waals surface area (Å²) in [7, 11) is 0. The number of rotatable bonds is 4.